The van der Waals surface area contributed by atoms with Gasteiger partial charge in [0.2, 0.25) is 0 Å². The molecule has 1 saturated carbocycles. The second-order valence-electron chi connectivity index (χ2n) is 8.46. The Hall–Kier alpha value is -3.06. The summed E-state index contributed by atoms with van der Waals surface area (Å²) in [4.78, 5) is 27.0. The number of amides is 2. The van der Waals surface area contributed by atoms with Crippen molar-refractivity contribution in [3.8, 4) is 11.5 Å². The first-order valence-electron chi connectivity index (χ1n) is 11.0. The molecule has 7 heteroatoms. The number of rotatable bonds is 9. The summed E-state index contributed by atoms with van der Waals surface area (Å²) < 4.78 is 10.7. The van der Waals surface area contributed by atoms with Crippen molar-refractivity contribution in [2.75, 3.05) is 39.7 Å². The van der Waals surface area contributed by atoms with Crippen LogP contribution >= 0.6 is 0 Å². The Morgan fingerprint density at radius 2 is 1.72 bits per heavy atom. The molecule has 3 rings (SSSR count). The van der Waals surface area contributed by atoms with Crippen LogP contribution in [0.5, 0.6) is 11.5 Å². The second kappa shape index (κ2) is 11.0. The second-order valence-corrected chi connectivity index (χ2v) is 8.46. The van der Waals surface area contributed by atoms with E-state index < -0.39 is 0 Å². The van der Waals surface area contributed by atoms with Crippen molar-refractivity contribution in [1.82, 2.24) is 10.2 Å². The lowest BCUT2D eigenvalue weighted by molar-refractivity contribution is -0.118. The molecule has 7 nitrogen and oxygen atoms in total. The van der Waals surface area contributed by atoms with Gasteiger partial charge in [0.15, 0.2) is 6.61 Å². The predicted molar refractivity (Wildman–Crippen MR) is 125 cm³/mol. The molecule has 0 bridgehead atoms. The summed E-state index contributed by atoms with van der Waals surface area (Å²) in [5, 5.41) is 5.87. The van der Waals surface area contributed by atoms with Gasteiger partial charge in [0, 0.05) is 29.4 Å². The molecule has 1 fully saturated rings. The summed E-state index contributed by atoms with van der Waals surface area (Å²) in [6.07, 6.45) is 5.87. The van der Waals surface area contributed by atoms with Crippen LogP contribution < -0.4 is 20.1 Å². The number of carbonyl (C=O) groups excluding carboxylic acids is 2. The smallest absolute Gasteiger partial charge is 0.262 e. The lowest BCUT2D eigenvalue weighted by Gasteiger charge is -2.43. The molecule has 0 atom stereocenters. The summed E-state index contributed by atoms with van der Waals surface area (Å²) >= 11 is 0. The van der Waals surface area contributed by atoms with Gasteiger partial charge in [-0.25, -0.2) is 0 Å². The molecule has 0 unspecified atom stereocenters. The quantitative estimate of drug-likeness (QED) is 0.623. The van der Waals surface area contributed by atoms with Gasteiger partial charge in [-0.2, -0.15) is 0 Å². The van der Waals surface area contributed by atoms with Crippen LogP contribution in [0.2, 0.25) is 0 Å². The van der Waals surface area contributed by atoms with Crippen molar-refractivity contribution in [2.24, 2.45) is 0 Å². The van der Waals surface area contributed by atoms with E-state index in [2.05, 4.69) is 29.6 Å². The monoisotopic (exact) mass is 439 g/mol. The van der Waals surface area contributed by atoms with Gasteiger partial charge in [-0.3, -0.25) is 9.59 Å². The zero-order valence-corrected chi connectivity index (χ0v) is 19.1. The van der Waals surface area contributed by atoms with Crippen LogP contribution in [0.1, 0.15) is 42.5 Å². The Bertz CT molecular complexity index is 906. The number of hydrogen-bond donors (Lipinski definition) is 2. The van der Waals surface area contributed by atoms with Crippen LogP contribution in [-0.4, -0.2) is 56.6 Å². The average Bonchev–Trinajstić information content (AvgIpc) is 2.82. The van der Waals surface area contributed by atoms with E-state index in [1.165, 1.54) is 19.3 Å². The van der Waals surface area contributed by atoms with Crippen LogP contribution in [0.15, 0.2) is 48.5 Å². The molecule has 0 radical (unpaired) electrons. The van der Waals surface area contributed by atoms with Gasteiger partial charge >= 0.3 is 0 Å². The van der Waals surface area contributed by atoms with Crippen LogP contribution in [0.25, 0.3) is 0 Å². The Morgan fingerprint density at radius 3 is 2.38 bits per heavy atom. The standard InChI is InChI=1S/C25H33N3O4/c1-28(2)25(14-5-4-6-15-25)18-26-24(30)19-10-12-21(13-11-19)32-17-23(29)27-20-8-7-9-22(16-20)31-3/h7-13,16H,4-6,14-15,17-18H2,1-3H3,(H,26,30)(H,27,29). The number of carbonyl (C=O) groups is 2. The third kappa shape index (κ3) is 6.23. The van der Waals surface area contributed by atoms with Gasteiger partial charge in [-0.05, 0) is 63.3 Å². The fourth-order valence-corrected chi connectivity index (χ4v) is 4.09. The molecule has 32 heavy (non-hydrogen) atoms. The number of nitrogens with one attached hydrogen (secondary N) is 2. The number of anilines is 1. The third-order valence-electron chi connectivity index (χ3n) is 6.15. The summed E-state index contributed by atoms with van der Waals surface area (Å²) in [6, 6.07) is 14.0. The Kier molecular flexibility index (Phi) is 8.11. The van der Waals surface area contributed by atoms with E-state index in [1.807, 2.05) is 0 Å². The Balaban J connectivity index is 1.48. The molecule has 2 N–H and O–H groups in total. The molecule has 0 aliphatic heterocycles. The van der Waals surface area contributed by atoms with E-state index in [0.717, 1.165) is 12.8 Å². The highest BCUT2D eigenvalue weighted by Gasteiger charge is 2.34. The van der Waals surface area contributed by atoms with Crippen molar-refractivity contribution in [3.63, 3.8) is 0 Å². The first-order valence-corrected chi connectivity index (χ1v) is 11.0. The van der Waals surface area contributed by atoms with Crippen molar-refractivity contribution in [1.29, 1.82) is 0 Å². The first-order chi connectivity index (χ1) is 15.4. The zero-order chi connectivity index (χ0) is 23.0. The maximum Gasteiger partial charge on any atom is 0.262 e. The Labute approximate surface area is 190 Å². The van der Waals surface area contributed by atoms with Crippen LogP contribution in [0.3, 0.4) is 0 Å². The number of methoxy groups -OCH3 is 1. The van der Waals surface area contributed by atoms with E-state index in [-0.39, 0.29) is 24.0 Å². The maximum atomic E-state index is 12.6. The van der Waals surface area contributed by atoms with Gasteiger partial charge in [0.25, 0.3) is 11.8 Å². The summed E-state index contributed by atoms with van der Waals surface area (Å²) in [5.74, 6) is 0.817. The molecular formula is C25H33N3O4. The van der Waals surface area contributed by atoms with E-state index in [9.17, 15) is 9.59 Å². The number of hydrogen-bond acceptors (Lipinski definition) is 5. The average molecular weight is 440 g/mol. The van der Waals surface area contributed by atoms with Gasteiger partial charge < -0.3 is 25.0 Å². The lowest BCUT2D eigenvalue weighted by Crippen LogP contribution is -2.53. The zero-order valence-electron chi connectivity index (χ0n) is 19.1. The van der Waals surface area contributed by atoms with Crippen molar-refractivity contribution < 1.29 is 19.1 Å². The first kappa shape index (κ1) is 23.6. The van der Waals surface area contributed by atoms with Gasteiger partial charge in [-0.1, -0.05) is 25.3 Å². The third-order valence-corrected chi connectivity index (χ3v) is 6.15. The Morgan fingerprint density at radius 1 is 1.00 bits per heavy atom. The molecule has 0 aromatic heterocycles. The fourth-order valence-electron chi connectivity index (χ4n) is 4.09. The number of nitrogens with zero attached hydrogens (tertiary/aromatic N) is 1. The largest absolute Gasteiger partial charge is 0.497 e. The van der Waals surface area contributed by atoms with Crippen LogP contribution in [-0.2, 0) is 4.79 Å². The van der Waals surface area contributed by atoms with Gasteiger partial charge in [0.1, 0.15) is 11.5 Å². The molecule has 0 spiro atoms. The van der Waals surface area contributed by atoms with Crippen LogP contribution in [0.4, 0.5) is 5.69 Å². The van der Waals surface area contributed by atoms with E-state index in [0.29, 0.717) is 29.3 Å². The molecule has 0 heterocycles. The van der Waals surface area contributed by atoms with E-state index >= 15 is 0 Å². The molecule has 1 aliphatic rings. The van der Waals surface area contributed by atoms with Crippen molar-refractivity contribution in [2.45, 2.75) is 37.6 Å². The minimum Gasteiger partial charge on any atom is -0.497 e. The number of benzene rings is 2. The molecule has 2 amide bonds. The van der Waals surface area contributed by atoms with E-state index in [1.54, 1.807) is 55.6 Å². The highest BCUT2D eigenvalue weighted by Crippen LogP contribution is 2.31. The van der Waals surface area contributed by atoms with Gasteiger partial charge in [0.05, 0.1) is 7.11 Å². The molecule has 0 saturated heterocycles. The van der Waals surface area contributed by atoms with Crippen LogP contribution in [0, 0.1) is 0 Å². The molecule has 2 aromatic rings. The topological polar surface area (TPSA) is 79.9 Å². The minimum atomic E-state index is -0.276. The van der Waals surface area contributed by atoms with E-state index in [4.69, 9.17) is 9.47 Å². The number of likely N-dealkylation sites (N-methyl/N-ethyl adjacent to an activating group) is 1. The SMILES string of the molecule is COc1cccc(NC(=O)COc2ccc(C(=O)NCC3(N(C)C)CCCCC3)cc2)c1. The minimum absolute atomic E-state index is 0.0348. The normalized spacial score (nSPS) is 15.1. The fraction of sp³-hybridized carbons (Fsp3) is 0.440. The molecule has 2 aromatic carbocycles. The highest BCUT2D eigenvalue weighted by molar-refractivity contribution is 5.94. The summed E-state index contributed by atoms with van der Waals surface area (Å²) in [5.41, 5.74) is 1.24. The molecule has 1 aliphatic carbocycles. The van der Waals surface area contributed by atoms with Crippen molar-refractivity contribution in [3.05, 3.63) is 54.1 Å². The van der Waals surface area contributed by atoms with Gasteiger partial charge in [-0.15, -0.1) is 0 Å². The highest BCUT2D eigenvalue weighted by atomic mass is 16.5. The maximum absolute atomic E-state index is 12.6. The molecule has 172 valence electrons. The van der Waals surface area contributed by atoms with Crippen molar-refractivity contribution >= 4 is 17.5 Å². The predicted octanol–water partition coefficient (Wildman–Crippen LogP) is 3.71. The summed E-state index contributed by atoms with van der Waals surface area (Å²) in [6.45, 7) is 0.510. The summed E-state index contributed by atoms with van der Waals surface area (Å²) in [7, 11) is 5.76. The molecular weight excluding hydrogens is 406 g/mol. The lowest BCUT2D eigenvalue weighted by atomic mass is 9.80. The number of ether oxygens (including phenoxy) is 2.